The van der Waals surface area contributed by atoms with Crippen molar-refractivity contribution in [1.29, 1.82) is 0 Å². The fraction of sp³-hybridized carbons (Fsp3) is 0.500. The highest BCUT2D eigenvalue weighted by molar-refractivity contribution is 5.81. The maximum Gasteiger partial charge on any atom is 0.240 e. The van der Waals surface area contributed by atoms with Crippen molar-refractivity contribution in [2.45, 2.75) is 51.8 Å². The number of aliphatic hydroxyl groups excluding tert-OH is 1. The van der Waals surface area contributed by atoms with Gasteiger partial charge in [-0.2, -0.15) is 0 Å². The minimum atomic E-state index is -0.162. The minimum Gasteiger partial charge on any atom is -0.388 e. The van der Waals surface area contributed by atoms with Crippen LogP contribution in [-0.4, -0.2) is 26.6 Å². The first kappa shape index (κ1) is 14.1. The molecule has 112 valence electrons. The zero-order valence-corrected chi connectivity index (χ0v) is 12.3. The topological polar surface area (TPSA) is 67.2 Å². The third kappa shape index (κ3) is 2.93. The molecule has 0 bridgehead atoms. The van der Waals surface area contributed by atoms with Crippen molar-refractivity contribution in [3.8, 4) is 0 Å². The fourth-order valence-corrected chi connectivity index (χ4v) is 3.07. The number of aromatic nitrogens is 2. The monoisotopic (exact) mass is 287 g/mol. The minimum absolute atomic E-state index is 0.00326. The second-order valence-electron chi connectivity index (χ2n) is 5.81. The first-order valence-electron chi connectivity index (χ1n) is 7.53. The van der Waals surface area contributed by atoms with Gasteiger partial charge in [0, 0.05) is 6.04 Å². The van der Waals surface area contributed by atoms with E-state index in [4.69, 9.17) is 0 Å². The van der Waals surface area contributed by atoms with Crippen molar-refractivity contribution in [1.82, 2.24) is 14.9 Å². The summed E-state index contributed by atoms with van der Waals surface area (Å²) >= 11 is 0. The van der Waals surface area contributed by atoms with Crippen LogP contribution in [0.15, 0.2) is 18.2 Å². The molecule has 0 atom stereocenters. The van der Waals surface area contributed by atoms with Gasteiger partial charge >= 0.3 is 0 Å². The molecule has 1 amide bonds. The largest absolute Gasteiger partial charge is 0.388 e. The van der Waals surface area contributed by atoms with Gasteiger partial charge in [-0.25, -0.2) is 4.98 Å². The second-order valence-corrected chi connectivity index (χ2v) is 5.81. The molecule has 2 aromatic rings. The van der Waals surface area contributed by atoms with E-state index in [2.05, 4.69) is 10.3 Å². The molecule has 5 heteroatoms. The lowest BCUT2D eigenvalue weighted by Gasteiger charge is -2.13. The summed E-state index contributed by atoms with van der Waals surface area (Å²) in [4.78, 5) is 16.6. The molecule has 1 aromatic heterocycles. The number of benzene rings is 1. The SMILES string of the molecule is Cc1ccc2c(c1)nc(CO)n2CC(=O)NC1CCCC1. The lowest BCUT2D eigenvalue weighted by atomic mass is 10.2. The van der Waals surface area contributed by atoms with Crippen molar-refractivity contribution in [3.63, 3.8) is 0 Å². The van der Waals surface area contributed by atoms with Crippen molar-refractivity contribution in [2.75, 3.05) is 0 Å². The van der Waals surface area contributed by atoms with E-state index in [0.717, 1.165) is 29.4 Å². The van der Waals surface area contributed by atoms with Gasteiger partial charge in [0.2, 0.25) is 5.91 Å². The van der Waals surface area contributed by atoms with Crippen LogP contribution >= 0.6 is 0 Å². The predicted octanol–water partition coefficient (Wildman–Crippen LogP) is 1.90. The third-order valence-corrected chi connectivity index (χ3v) is 4.15. The molecule has 1 heterocycles. The average Bonchev–Trinajstić information content (AvgIpc) is 3.06. The van der Waals surface area contributed by atoms with Crippen molar-refractivity contribution < 1.29 is 9.90 Å². The van der Waals surface area contributed by atoms with E-state index < -0.39 is 0 Å². The van der Waals surface area contributed by atoms with Crippen LogP contribution in [0, 0.1) is 6.92 Å². The lowest BCUT2D eigenvalue weighted by Crippen LogP contribution is -2.35. The van der Waals surface area contributed by atoms with Crippen LogP contribution in [0.4, 0.5) is 0 Å². The summed E-state index contributed by atoms with van der Waals surface area (Å²) in [5.74, 6) is 0.536. The van der Waals surface area contributed by atoms with E-state index in [1.807, 2.05) is 25.1 Å². The third-order valence-electron chi connectivity index (χ3n) is 4.15. The van der Waals surface area contributed by atoms with Gasteiger partial charge in [-0.05, 0) is 37.5 Å². The number of fused-ring (bicyclic) bond motifs is 1. The van der Waals surface area contributed by atoms with Crippen LogP contribution in [0.5, 0.6) is 0 Å². The molecular formula is C16H21N3O2. The highest BCUT2D eigenvalue weighted by atomic mass is 16.3. The molecule has 1 aromatic carbocycles. The number of carbonyl (C=O) groups is 1. The standard InChI is InChI=1S/C16H21N3O2/c1-11-6-7-14-13(8-11)18-15(10-20)19(14)9-16(21)17-12-4-2-3-5-12/h6-8,12,20H,2-5,9-10H2,1H3,(H,17,21). The summed E-state index contributed by atoms with van der Waals surface area (Å²) < 4.78 is 1.80. The molecule has 1 aliphatic carbocycles. The quantitative estimate of drug-likeness (QED) is 0.902. The smallest absolute Gasteiger partial charge is 0.240 e. The molecule has 3 rings (SSSR count). The Kier molecular flexibility index (Phi) is 3.92. The maximum atomic E-state index is 12.2. The Morgan fingerprint density at radius 1 is 1.43 bits per heavy atom. The van der Waals surface area contributed by atoms with E-state index in [9.17, 15) is 9.90 Å². The average molecular weight is 287 g/mol. The van der Waals surface area contributed by atoms with Crippen molar-refractivity contribution in [3.05, 3.63) is 29.6 Å². The summed E-state index contributed by atoms with van der Waals surface area (Å²) in [5.41, 5.74) is 2.84. The van der Waals surface area contributed by atoms with Crippen LogP contribution < -0.4 is 5.32 Å². The zero-order valence-electron chi connectivity index (χ0n) is 12.3. The number of rotatable bonds is 4. The molecule has 2 N–H and O–H groups in total. The van der Waals surface area contributed by atoms with E-state index in [1.165, 1.54) is 12.8 Å². The Hall–Kier alpha value is -1.88. The van der Waals surface area contributed by atoms with Crippen molar-refractivity contribution in [2.24, 2.45) is 0 Å². The van der Waals surface area contributed by atoms with Crippen molar-refractivity contribution >= 4 is 16.9 Å². The molecule has 0 saturated heterocycles. The number of nitrogens with zero attached hydrogens (tertiary/aromatic N) is 2. The van der Waals surface area contributed by atoms with Crippen LogP contribution in [0.2, 0.25) is 0 Å². The molecule has 21 heavy (non-hydrogen) atoms. The summed E-state index contributed by atoms with van der Waals surface area (Å²) in [6, 6.07) is 6.24. The second kappa shape index (κ2) is 5.85. The molecule has 0 radical (unpaired) electrons. The molecule has 0 aliphatic heterocycles. The van der Waals surface area contributed by atoms with E-state index in [-0.39, 0.29) is 19.1 Å². The van der Waals surface area contributed by atoms with Gasteiger partial charge in [0.25, 0.3) is 0 Å². The van der Waals surface area contributed by atoms with Crippen LogP contribution in [-0.2, 0) is 17.9 Å². The maximum absolute atomic E-state index is 12.2. The van der Waals surface area contributed by atoms with E-state index in [1.54, 1.807) is 4.57 Å². The fourth-order valence-electron chi connectivity index (χ4n) is 3.07. The first-order valence-corrected chi connectivity index (χ1v) is 7.53. The molecule has 0 spiro atoms. The van der Waals surface area contributed by atoms with Crippen LogP contribution in [0.3, 0.4) is 0 Å². The number of amides is 1. The normalized spacial score (nSPS) is 15.7. The number of hydrogen-bond donors (Lipinski definition) is 2. The van der Waals surface area contributed by atoms with Gasteiger partial charge in [-0.1, -0.05) is 18.9 Å². The molecular weight excluding hydrogens is 266 g/mol. The van der Waals surface area contributed by atoms with Gasteiger partial charge in [0.15, 0.2) is 0 Å². The highest BCUT2D eigenvalue weighted by Crippen LogP contribution is 2.19. The number of aryl methyl sites for hydroxylation is 1. The number of nitrogens with one attached hydrogen (secondary N) is 1. The highest BCUT2D eigenvalue weighted by Gasteiger charge is 2.19. The predicted molar refractivity (Wildman–Crippen MR) is 80.8 cm³/mol. The number of hydrogen-bond acceptors (Lipinski definition) is 3. The Morgan fingerprint density at radius 2 is 2.19 bits per heavy atom. The van der Waals surface area contributed by atoms with Crippen LogP contribution in [0.1, 0.15) is 37.1 Å². The van der Waals surface area contributed by atoms with Crippen LogP contribution in [0.25, 0.3) is 11.0 Å². The van der Waals surface area contributed by atoms with Gasteiger partial charge in [-0.3, -0.25) is 4.79 Å². The molecule has 0 unspecified atom stereocenters. The lowest BCUT2D eigenvalue weighted by molar-refractivity contribution is -0.122. The number of carbonyl (C=O) groups excluding carboxylic acids is 1. The first-order chi connectivity index (χ1) is 10.2. The van der Waals surface area contributed by atoms with E-state index in [0.29, 0.717) is 11.9 Å². The summed E-state index contributed by atoms with van der Waals surface area (Å²) in [6.07, 6.45) is 4.53. The molecule has 1 saturated carbocycles. The zero-order chi connectivity index (χ0) is 14.8. The molecule has 1 fully saturated rings. The van der Waals surface area contributed by atoms with Gasteiger partial charge in [0.05, 0.1) is 11.0 Å². The summed E-state index contributed by atoms with van der Waals surface area (Å²) in [7, 11) is 0. The van der Waals surface area contributed by atoms with Gasteiger partial charge < -0.3 is 15.0 Å². The summed E-state index contributed by atoms with van der Waals surface area (Å²) in [6.45, 7) is 2.06. The van der Waals surface area contributed by atoms with Gasteiger partial charge in [0.1, 0.15) is 19.0 Å². The Labute approximate surface area is 124 Å². The van der Waals surface area contributed by atoms with E-state index >= 15 is 0 Å². The van der Waals surface area contributed by atoms with Gasteiger partial charge in [-0.15, -0.1) is 0 Å². The number of aliphatic hydroxyl groups is 1. The Balaban J connectivity index is 1.83. The molecule has 5 nitrogen and oxygen atoms in total. The Bertz CT molecular complexity index is 657. The summed E-state index contributed by atoms with van der Waals surface area (Å²) in [5, 5.41) is 12.5. The number of imidazole rings is 1. The molecule has 1 aliphatic rings. The Morgan fingerprint density at radius 3 is 2.90 bits per heavy atom.